The molecule has 0 aliphatic carbocycles. The smallest absolute Gasteiger partial charge is 0.243 e. The number of hydrogen-bond acceptors (Lipinski definition) is 5. The van der Waals surface area contributed by atoms with Crippen LogP contribution in [0, 0.1) is 0 Å². The topological polar surface area (TPSA) is 94.3 Å². The molecule has 8 heteroatoms. The first-order chi connectivity index (χ1) is 9.71. The van der Waals surface area contributed by atoms with Gasteiger partial charge < -0.3 is 10.5 Å². The SMILES string of the molecule is CC1(C)CC(NS(=O)(=O)c2cccnc2C(N)=S)CCO1. The molecule has 1 aromatic heterocycles. The first-order valence-electron chi connectivity index (χ1n) is 6.62. The van der Waals surface area contributed by atoms with Gasteiger partial charge in [0.05, 0.1) is 5.60 Å². The maximum absolute atomic E-state index is 12.5. The van der Waals surface area contributed by atoms with E-state index in [2.05, 4.69) is 9.71 Å². The molecule has 1 unspecified atom stereocenters. The molecular weight excluding hydrogens is 310 g/mol. The van der Waals surface area contributed by atoms with Gasteiger partial charge >= 0.3 is 0 Å². The number of nitrogens with zero attached hydrogens (tertiary/aromatic N) is 1. The standard InChI is InChI=1S/C13H19N3O3S2/c1-13(2)8-9(5-7-19-13)16-21(17,18)10-4-3-6-15-11(10)12(14)20/h3-4,6,9,16H,5,7-8H2,1-2H3,(H2,14,20). The third kappa shape index (κ3) is 3.97. The van der Waals surface area contributed by atoms with E-state index in [1.165, 1.54) is 12.3 Å². The van der Waals surface area contributed by atoms with Crippen molar-refractivity contribution in [2.24, 2.45) is 5.73 Å². The number of pyridine rings is 1. The van der Waals surface area contributed by atoms with Gasteiger partial charge in [0.15, 0.2) is 0 Å². The van der Waals surface area contributed by atoms with Crippen molar-refractivity contribution in [3.63, 3.8) is 0 Å². The van der Waals surface area contributed by atoms with Crippen molar-refractivity contribution in [3.8, 4) is 0 Å². The first-order valence-corrected chi connectivity index (χ1v) is 8.51. The summed E-state index contributed by atoms with van der Waals surface area (Å²) in [6.45, 7) is 4.41. The van der Waals surface area contributed by atoms with E-state index in [4.69, 9.17) is 22.7 Å². The van der Waals surface area contributed by atoms with Crippen LogP contribution in [0.1, 0.15) is 32.4 Å². The Morgan fingerprint density at radius 3 is 2.90 bits per heavy atom. The van der Waals surface area contributed by atoms with Gasteiger partial charge in [-0.1, -0.05) is 12.2 Å². The van der Waals surface area contributed by atoms with E-state index in [0.29, 0.717) is 19.4 Å². The van der Waals surface area contributed by atoms with Crippen LogP contribution in [0.2, 0.25) is 0 Å². The van der Waals surface area contributed by atoms with Gasteiger partial charge in [0.2, 0.25) is 10.0 Å². The number of nitrogens with one attached hydrogen (secondary N) is 1. The Hall–Kier alpha value is -1.09. The van der Waals surface area contributed by atoms with Crippen LogP contribution in [0.3, 0.4) is 0 Å². The van der Waals surface area contributed by atoms with E-state index in [1.54, 1.807) is 6.07 Å². The summed E-state index contributed by atoms with van der Waals surface area (Å²) in [7, 11) is -3.72. The van der Waals surface area contributed by atoms with E-state index in [9.17, 15) is 8.42 Å². The molecule has 0 bridgehead atoms. The lowest BCUT2D eigenvalue weighted by Gasteiger charge is -2.35. The minimum Gasteiger partial charge on any atom is -0.388 e. The maximum atomic E-state index is 12.5. The zero-order valence-electron chi connectivity index (χ0n) is 12.0. The van der Waals surface area contributed by atoms with E-state index in [1.807, 2.05) is 13.8 Å². The summed E-state index contributed by atoms with van der Waals surface area (Å²) < 4.78 is 33.3. The van der Waals surface area contributed by atoms with Crippen molar-refractivity contribution in [1.82, 2.24) is 9.71 Å². The summed E-state index contributed by atoms with van der Waals surface area (Å²) in [4.78, 5) is 3.93. The molecule has 0 aromatic carbocycles. The Bertz CT molecular complexity index is 644. The fourth-order valence-electron chi connectivity index (χ4n) is 2.41. The molecule has 3 N–H and O–H groups in total. The van der Waals surface area contributed by atoms with E-state index < -0.39 is 10.0 Å². The van der Waals surface area contributed by atoms with Crippen molar-refractivity contribution >= 4 is 27.2 Å². The summed E-state index contributed by atoms with van der Waals surface area (Å²) in [6, 6.07) is 2.82. The van der Waals surface area contributed by atoms with Crippen LogP contribution in [0.5, 0.6) is 0 Å². The highest BCUT2D eigenvalue weighted by molar-refractivity contribution is 7.89. The highest BCUT2D eigenvalue weighted by Gasteiger charge is 2.32. The second-order valence-corrected chi connectivity index (χ2v) is 7.76. The lowest BCUT2D eigenvalue weighted by Crippen LogP contribution is -2.46. The predicted octanol–water partition coefficient (Wildman–Crippen LogP) is 0.952. The molecule has 1 fully saturated rings. The first kappa shape index (κ1) is 16.3. The Kier molecular flexibility index (Phi) is 4.62. The summed E-state index contributed by atoms with van der Waals surface area (Å²) in [5.74, 6) is 0. The summed E-state index contributed by atoms with van der Waals surface area (Å²) >= 11 is 4.86. The van der Waals surface area contributed by atoms with Crippen LogP contribution < -0.4 is 10.5 Å². The molecule has 1 atom stereocenters. The lowest BCUT2D eigenvalue weighted by molar-refractivity contribution is -0.0599. The number of nitrogens with two attached hydrogens (primary N) is 1. The number of rotatable bonds is 4. The monoisotopic (exact) mass is 329 g/mol. The minimum absolute atomic E-state index is 0.0156. The van der Waals surface area contributed by atoms with Crippen LogP contribution in [0.15, 0.2) is 23.2 Å². The highest BCUT2D eigenvalue weighted by Crippen LogP contribution is 2.25. The molecule has 0 amide bonds. The Balaban J connectivity index is 2.25. The molecule has 2 heterocycles. The zero-order chi connectivity index (χ0) is 15.7. The molecule has 0 radical (unpaired) electrons. The molecule has 1 saturated heterocycles. The minimum atomic E-state index is -3.72. The summed E-state index contributed by atoms with van der Waals surface area (Å²) in [5.41, 5.74) is 5.32. The second-order valence-electron chi connectivity index (χ2n) is 5.63. The Labute approximate surface area is 130 Å². The van der Waals surface area contributed by atoms with Gasteiger partial charge in [0.25, 0.3) is 0 Å². The van der Waals surface area contributed by atoms with Crippen molar-refractivity contribution in [2.45, 2.75) is 43.2 Å². The molecule has 0 spiro atoms. The quantitative estimate of drug-likeness (QED) is 0.799. The van der Waals surface area contributed by atoms with Crippen molar-refractivity contribution in [2.75, 3.05) is 6.61 Å². The second kappa shape index (κ2) is 5.96. The number of aromatic nitrogens is 1. The van der Waals surface area contributed by atoms with Crippen LogP contribution in [-0.2, 0) is 14.8 Å². The maximum Gasteiger partial charge on any atom is 0.243 e. The molecule has 116 valence electrons. The van der Waals surface area contributed by atoms with Crippen LogP contribution in [0.25, 0.3) is 0 Å². The van der Waals surface area contributed by atoms with E-state index in [-0.39, 0.29) is 27.2 Å². The molecule has 1 aliphatic rings. The van der Waals surface area contributed by atoms with E-state index in [0.717, 1.165) is 0 Å². The molecule has 2 rings (SSSR count). The molecule has 1 aromatic rings. The molecular formula is C13H19N3O3S2. The van der Waals surface area contributed by atoms with Crippen molar-refractivity contribution in [3.05, 3.63) is 24.0 Å². The molecule has 6 nitrogen and oxygen atoms in total. The average Bonchev–Trinajstić information content (AvgIpc) is 2.37. The van der Waals surface area contributed by atoms with E-state index >= 15 is 0 Å². The molecule has 21 heavy (non-hydrogen) atoms. The lowest BCUT2D eigenvalue weighted by atomic mass is 9.95. The zero-order valence-corrected chi connectivity index (χ0v) is 13.6. The normalized spacial score (nSPS) is 21.9. The number of hydrogen-bond donors (Lipinski definition) is 2. The van der Waals surface area contributed by atoms with Crippen molar-refractivity contribution in [1.29, 1.82) is 0 Å². The molecule has 1 aliphatic heterocycles. The number of thiocarbonyl (C=S) groups is 1. The van der Waals surface area contributed by atoms with Gasteiger partial charge in [0, 0.05) is 18.8 Å². The van der Waals surface area contributed by atoms with Gasteiger partial charge in [-0.2, -0.15) is 0 Å². The van der Waals surface area contributed by atoms with Crippen LogP contribution in [0.4, 0.5) is 0 Å². The third-order valence-electron chi connectivity index (χ3n) is 3.31. The molecule has 0 saturated carbocycles. The van der Waals surface area contributed by atoms with Crippen LogP contribution >= 0.6 is 12.2 Å². The highest BCUT2D eigenvalue weighted by atomic mass is 32.2. The fraction of sp³-hybridized carbons (Fsp3) is 0.538. The van der Waals surface area contributed by atoms with Gasteiger partial charge in [-0.3, -0.25) is 4.98 Å². The Morgan fingerprint density at radius 2 is 2.29 bits per heavy atom. The third-order valence-corrected chi connectivity index (χ3v) is 5.06. The average molecular weight is 329 g/mol. The van der Waals surface area contributed by atoms with Gasteiger partial charge in [-0.25, -0.2) is 13.1 Å². The largest absolute Gasteiger partial charge is 0.388 e. The summed E-state index contributed by atoms with van der Waals surface area (Å²) in [6.07, 6.45) is 2.70. The van der Waals surface area contributed by atoms with Gasteiger partial charge in [0.1, 0.15) is 15.6 Å². The summed E-state index contributed by atoms with van der Waals surface area (Å²) in [5, 5.41) is 0. The van der Waals surface area contributed by atoms with Gasteiger partial charge in [-0.05, 0) is 38.8 Å². The predicted molar refractivity (Wildman–Crippen MR) is 83.5 cm³/mol. The fourth-order valence-corrected chi connectivity index (χ4v) is 4.08. The van der Waals surface area contributed by atoms with Crippen LogP contribution in [-0.4, -0.2) is 36.6 Å². The van der Waals surface area contributed by atoms with Crippen molar-refractivity contribution < 1.29 is 13.2 Å². The Morgan fingerprint density at radius 1 is 1.57 bits per heavy atom. The number of ether oxygens (including phenoxy) is 1. The van der Waals surface area contributed by atoms with Gasteiger partial charge in [-0.15, -0.1) is 0 Å². The number of sulfonamides is 1.